The van der Waals surface area contributed by atoms with Crippen LogP contribution in [0.2, 0.25) is 0 Å². The minimum atomic E-state index is -4.73. The number of nitrogens with two attached hydrogens (primary N) is 1. The monoisotopic (exact) mass is 534 g/mol. The topological polar surface area (TPSA) is 181 Å². The van der Waals surface area contributed by atoms with E-state index in [2.05, 4.69) is 26.6 Å². The maximum Gasteiger partial charge on any atom is 0.469 e. The van der Waals surface area contributed by atoms with Gasteiger partial charge in [0.15, 0.2) is 11.0 Å². The Balaban J connectivity index is 1.30. The minimum Gasteiger partial charge on any atom is -0.387 e. The van der Waals surface area contributed by atoms with Gasteiger partial charge in [-0.1, -0.05) is 42.1 Å². The van der Waals surface area contributed by atoms with Crippen molar-refractivity contribution in [2.75, 3.05) is 18.1 Å². The van der Waals surface area contributed by atoms with Crippen LogP contribution >= 0.6 is 19.6 Å². The van der Waals surface area contributed by atoms with E-state index >= 15 is 0 Å². The van der Waals surface area contributed by atoms with E-state index in [0.717, 1.165) is 17.7 Å². The highest BCUT2D eigenvalue weighted by atomic mass is 32.2. The number of nitrogen functional groups attached to an aromatic ring is 1. The van der Waals surface area contributed by atoms with Gasteiger partial charge in [0.2, 0.25) is 0 Å². The maximum absolute atomic E-state index is 11.0. The number of ether oxygens (including phenoxy) is 1. The average Bonchev–Trinajstić information content (AvgIpc) is 3.48. The Hall–Kier alpha value is -2.15. The molecule has 1 spiro atoms. The summed E-state index contributed by atoms with van der Waals surface area (Å²) in [6, 6.07) is 12.0. The number of hydrogen-bond acceptors (Lipinski definition) is 10. The molecule has 2 aliphatic rings. The highest BCUT2D eigenvalue weighted by Crippen LogP contribution is 2.57. The number of pyridine rings is 1. The van der Waals surface area contributed by atoms with E-state index in [4.69, 9.17) is 25.2 Å². The lowest BCUT2D eigenvalue weighted by molar-refractivity contribution is -0.0400. The molecule has 6 N–H and O–H groups in total. The van der Waals surface area contributed by atoms with Crippen LogP contribution in [0.25, 0.3) is 11.0 Å². The number of aliphatic hydroxyl groups excluding tert-OH is 2. The lowest BCUT2D eigenvalue weighted by Crippen LogP contribution is -2.35. The molecule has 36 heavy (non-hydrogen) atoms. The molecule has 1 aliphatic heterocycles. The number of hydrogen-bond donors (Lipinski definition) is 5. The van der Waals surface area contributed by atoms with E-state index in [0.29, 0.717) is 29.0 Å². The number of rotatable bonds is 9. The molecule has 0 amide bonds. The molecular weight excluding hydrogens is 507 g/mol. The summed E-state index contributed by atoms with van der Waals surface area (Å²) in [5, 5.41) is 21.6. The van der Waals surface area contributed by atoms with Crippen LogP contribution in [-0.2, 0) is 26.7 Å². The molecule has 0 bridgehead atoms. The van der Waals surface area contributed by atoms with Crippen molar-refractivity contribution in [1.29, 1.82) is 0 Å². The van der Waals surface area contributed by atoms with E-state index in [1.54, 1.807) is 6.20 Å². The van der Waals surface area contributed by atoms with E-state index < -0.39 is 38.3 Å². The molecule has 3 aromatic rings. The number of aromatic nitrogens is 3. The molecule has 0 unspecified atom stereocenters. The van der Waals surface area contributed by atoms with Crippen LogP contribution in [0.5, 0.6) is 0 Å². The fourth-order valence-corrected chi connectivity index (χ4v) is 5.96. The molecule has 2 fully saturated rings. The number of aliphatic hydroxyl groups is 2. The standard InChI is InChI=1S/C23H27N4O7PS/c24-21-18-17(26-22(27-21)36-9-7-13-4-2-1-3-5-13)14(6-8-25-18)10-15-11-23(15)20(29)19(28)16(34-23)12-33-35(30,31)32/h1-6,8,15-16,19-20,28-29H,7,9-12H2,(H2,24,26,27)(H2,30,31,32)/t15-,16+,19+,20+,23+/m0/s1. The van der Waals surface area contributed by atoms with Gasteiger partial charge in [0.05, 0.1) is 12.1 Å². The molecule has 5 rings (SSSR count). The molecule has 192 valence electrons. The second-order valence-corrected chi connectivity index (χ2v) is 11.4. The Morgan fingerprint density at radius 1 is 1.17 bits per heavy atom. The summed E-state index contributed by atoms with van der Waals surface area (Å²) in [6.45, 7) is -0.525. The number of aryl methyl sites for hydroxylation is 1. The fourth-order valence-electron chi connectivity index (χ4n) is 4.78. The van der Waals surface area contributed by atoms with Crippen molar-refractivity contribution in [2.24, 2.45) is 5.92 Å². The van der Waals surface area contributed by atoms with Crippen LogP contribution in [0.1, 0.15) is 17.5 Å². The third kappa shape index (κ3) is 5.27. The van der Waals surface area contributed by atoms with Crippen molar-refractivity contribution in [3.05, 3.63) is 53.7 Å². The average molecular weight is 535 g/mol. The first kappa shape index (κ1) is 25.5. The Labute approximate surface area is 211 Å². The second-order valence-electron chi connectivity index (χ2n) is 9.08. The lowest BCUT2D eigenvalue weighted by atomic mass is 10.0. The molecule has 1 aliphatic carbocycles. The molecule has 1 saturated carbocycles. The van der Waals surface area contributed by atoms with E-state index in [-0.39, 0.29) is 11.7 Å². The predicted octanol–water partition coefficient (Wildman–Crippen LogP) is 1.47. The van der Waals surface area contributed by atoms with Gasteiger partial charge in [-0.15, -0.1) is 0 Å². The summed E-state index contributed by atoms with van der Waals surface area (Å²) in [6.07, 6.45) is -0.114. The fraction of sp³-hybridized carbons (Fsp3) is 0.435. The van der Waals surface area contributed by atoms with Crippen molar-refractivity contribution in [3.63, 3.8) is 0 Å². The number of anilines is 1. The first-order valence-corrected chi connectivity index (χ1v) is 14.0. The number of phosphoric ester groups is 1. The molecule has 11 nitrogen and oxygen atoms in total. The Kier molecular flexibility index (Phi) is 7.05. The van der Waals surface area contributed by atoms with Crippen LogP contribution in [0.4, 0.5) is 5.82 Å². The molecule has 0 radical (unpaired) electrons. The maximum atomic E-state index is 11.0. The van der Waals surface area contributed by atoms with Crippen molar-refractivity contribution in [1.82, 2.24) is 15.0 Å². The summed E-state index contributed by atoms with van der Waals surface area (Å²) in [7, 11) is -4.73. The zero-order valence-electron chi connectivity index (χ0n) is 19.2. The largest absolute Gasteiger partial charge is 0.469 e. The number of thioether (sulfide) groups is 1. The summed E-state index contributed by atoms with van der Waals surface area (Å²) in [4.78, 5) is 31.3. The number of nitrogens with zero attached hydrogens (tertiary/aromatic N) is 3. The van der Waals surface area contributed by atoms with Crippen LogP contribution in [0.3, 0.4) is 0 Å². The minimum absolute atomic E-state index is 0.141. The van der Waals surface area contributed by atoms with Gasteiger partial charge in [0.25, 0.3) is 0 Å². The Morgan fingerprint density at radius 3 is 2.69 bits per heavy atom. The summed E-state index contributed by atoms with van der Waals surface area (Å²) in [5.74, 6) is 0.932. The van der Waals surface area contributed by atoms with Gasteiger partial charge < -0.3 is 30.5 Å². The van der Waals surface area contributed by atoms with Gasteiger partial charge in [0.1, 0.15) is 29.4 Å². The van der Waals surface area contributed by atoms with Crippen LogP contribution < -0.4 is 5.73 Å². The molecule has 1 aromatic carbocycles. The zero-order chi connectivity index (χ0) is 25.5. The molecule has 5 atom stereocenters. The van der Waals surface area contributed by atoms with Crippen molar-refractivity contribution >= 4 is 36.4 Å². The predicted molar refractivity (Wildman–Crippen MR) is 132 cm³/mol. The van der Waals surface area contributed by atoms with E-state index in [1.165, 1.54) is 17.3 Å². The second kappa shape index (κ2) is 9.96. The molecule has 1 saturated heterocycles. The quantitative estimate of drug-likeness (QED) is 0.152. The van der Waals surface area contributed by atoms with Gasteiger partial charge in [-0.25, -0.2) is 14.5 Å². The molecular formula is C23H27N4O7PS. The van der Waals surface area contributed by atoms with Crippen molar-refractivity contribution in [3.8, 4) is 0 Å². The first-order chi connectivity index (χ1) is 17.2. The van der Waals surface area contributed by atoms with Gasteiger partial charge in [-0.05, 0) is 42.4 Å². The van der Waals surface area contributed by atoms with Crippen molar-refractivity contribution < 1.29 is 33.8 Å². The van der Waals surface area contributed by atoms with Gasteiger partial charge in [-0.3, -0.25) is 9.51 Å². The number of fused-ring (bicyclic) bond motifs is 1. The normalized spacial score (nSPS) is 27.7. The number of benzene rings is 1. The van der Waals surface area contributed by atoms with Gasteiger partial charge in [0, 0.05) is 11.9 Å². The van der Waals surface area contributed by atoms with E-state index in [1.807, 2.05) is 24.3 Å². The Bertz CT molecular complexity index is 1300. The van der Waals surface area contributed by atoms with Crippen LogP contribution in [-0.4, -0.2) is 71.2 Å². The smallest absolute Gasteiger partial charge is 0.387 e. The molecule has 13 heteroatoms. The summed E-state index contributed by atoms with van der Waals surface area (Å²) >= 11 is 1.51. The highest BCUT2D eigenvalue weighted by Gasteiger charge is 2.68. The lowest BCUT2D eigenvalue weighted by Gasteiger charge is -2.16. The van der Waals surface area contributed by atoms with Crippen LogP contribution in [0, 0.1) is 5.92 Å². The Morgan fingerprint density at radius 2 is 1.94 bits per heavy atom. The molecule has 2 aromatic heterocycles. The highest BCUT2D eigenvalue weighted by molar-refractivity contribution is 7.99. The summed E-state index contributed by atoms with van der Waals surface area (Å²) < 4.78 is 21.4. The summed E-state index contributed by atoms with van der Waals surface area (Å²) in [5.41, 5.74) is 8.40. The van der Waals surface area contributed by atoms with Crippen LogP contribution in [0.15, 0.2) is 47.8 Å². The zero-order valence-corrected chi connectivity index (χ0v) is 20.9. The third-order valence-electron chi connectivity index (χ3n) is 6.68. The number of phosphoric acid groups is 1. The third-order valence-corrected chi connectivity index (χ3v) is 8.02. The van der Waals surface area contributed by atoms with Gasteiger partial charge >= 0.3 is 7.82 Å². The first-order valence-electron chi connectivity index (χ1n) is 11.5. The molecule has 3 heterocycles. The van der Waals surface area contributed by atoms with Gasteiger partial charge in [-0.2, -0.15) is 0 Å². The SMILES string of the molecule is Nc1nc(SCCc2ccccc2)nc2c(C[C@H]3C[C@@]34O[C@H](COP(=O)(O)O)[C@@H](O)[C@H]4O)ccnc12. The van der Waals surface area contributed by atoms with E-state index in [9.17, 15) is 14.8 Å². The van der Waals surface area contributed by atoms with Crippen molar-refractivity contribution in [2.45, 2.75) is 48.3 Å².